The molecule has 15 nitrogen and oxygen atoms in total. The van der Waals surface area contributed by atoms with E-state index in [0.717, 1.165) is 0 Å². The number of ether oxygens (including phenoxy) is 8. The number of carbonyl (C=O) groups excluding carboxylic acids is 3. The maximum Gasteiger partial charge on any atom is 0.311 e. The van der Waals surface area contributed by atoms with Crippen molar-refractivity contribution in [3.63, 3.8) is 0 Å². The topological polar surface area (TPSA) is 206 Å². The van der Waals surface area contributed by atoms with E-state index in [4.69, 9.17) is 37.9 Å². The monoisotopic (exact) mass is 819 g/mol. The van der Waals surface area contributed by atoms with Gasteiger partial charge in [-0.3, -0.25) is 14.4 Å². The van der Waals surface area contributed by atoms with Crippen LogP contribution in [0.15, 0.2) is 0 Å². The van der Waals surface area contributed by atoms with Crippen LogP contribution in [0, 0.1) is 41.4 Å². The molecule has 0 unspecified atom stereocenters. The molecule has 0 spiro atoms. The molecule has 15 heteroatoms. The highest BCUT2D eigenvalue weighted by Crippen LogP contribution is 2.38. The Labute approximate surface area is 339 Å². The van der Waals surface area contributed by atoms with Crippen LogP contribution in [0.2, 0.25) is 0 Å². The fourth-order valence-corrected chi connectivity index (χ4v) is 9.08. The summed E-state index contributed by atoms with van der Waals surface area (Å²) in [6.07, 6.45) is -9.37. The Kier molecular flexibility index (Phi) is 18.0. The zero-order valence-corrected chi connectivity index (χ0v) is 36.7. The Bertz CT molecular complexity index is 1310. The van der Waals surface area contributed by atoms with Gasteiger partial charge >= 0.3 is 11.9 Å². The van der Waals surface area contributed by atoms with E-state index in [2.05, 4.69) is 0 Å². The highest BCUT2D eigenvalue weighted by molar-refractivity contribution is 5.89. The highest BCUT2D eigenvalue weighted by Gasteiger charge is 2.50. The number of methoxy groups -OCH3 is 2. The van der Waals surface area contributed by atoms with Crippen LogP contribution in [0.5, 0.6) is 0 Å². The summed E-state index contributed by atoms with van der Waals surface area (Å²) < 4.78 is 48.5. The van der Waals surface area contributed by atoms with Crippen molar-refractivity contribution in [3.05, 3.63) is 0 Å². The normalized spacial score (nSPS) is 44.9. The molecule has 4 N–H and O–H groups in total. The molecule has 3 heterocycles. The molecule has 0 aromatic rings. The van der Waals surface area contributed by atoms with Crippen molar-refractivity contribution < 1.29 is 72.7 Å². The average molecular weight is 819 g/mol. The highest BCUT2D eigenvalue weighted by atomic mass is 16.7. The van der Waals surface area contributed by atoms with Crippen LogP contribution in [0.25, 0.3) is 0 Å². The zero-order chi connectivity index (χ0) is 43.3. The van der Waals surface area contributed by atoms with Crippen LogP contribution >= 0.6 is 0 Å². The van der Waals surface area contributed by atoms with Gasteiger partial charge in [0.15, 0.2) is 18.4 Å². The number of hydrogen-bond acceptors (Lipinski definition) is 15. The minimum atomic E-state index is -1.79. The molecule has 0 aromatic carbocycles. The van der Waals surface area contributed by atoms with Gasteiger partial charge in [-0.1, -0.05) is 48.5 Å². The first-order chi connectivity index (χ1) is 26.4. The predicted molar refractivity (Wildman–Crippen MR) is 207 cm³/mol. The van der Waals surface area contributed by atoms with Gasteiger partial charge < -0.3 is 58.3 Å². The molecule has 19 atom stereocenters. The molecule has 0 amide bonds. The third-order valence-electron chi connectivity index (χ3n) is 12.2. The summed E-state index contributed by atoms with van der Waals surface area (Å²) >= 11 is 0. The summed E-state index contributed by atoms with van der Waals surface area (Å²) in [5.41, 5.74) is -3.31. The van der Waals surface area contributed by atoms with Crippen LogP contribution in [-0.2, 0) is 52.3 Å². The first kappa shape index (κ1) is 49.6. The summed E-state index contributed by atoms with van der Waals surface area (Å²) in [4.78, 5) is 42.1. The van der Waals surface area contributed by atoms with Gasteiger partial charge in [-0.2, -0.15) is 0 Å². The minimum absolute atomic E-state index is 0.0360. The summed E-state index contributed by atoms with van der Waals surface area (Å²) in [7, 11) is 2.91. The number of aliphatic hydroxyl groups is 4. The van der Waals surface area contributed by atoms with Crippen LogP contribution in [-0.4, -0.2) is 138 Å². The molecule has 0 radical (unpaired) electrons. The number of ketones is 1. The molecule has 3 rings (SSSR count). The van der Waals surface area contributed by atoms with E-state index in [1.807, 2.05) is 27.7 Å². The van der Waals surface area contributed by atoms with E-state index >= 15 is 0 Å². The van der Waals surface area contributed by atoms with Crippen molar-refractivity contribution >= 4 is 17.7 Å². The molecule has 57 heavy (non-hydrogen) atoms. The SMILES string of the molecule is CO[C@@H]1[C@H](O)[C@@H](C)O[C@@H](OC[C@H](C)[C@H]2OC(=O)[C@H](C)[C@@H](O[C@H]3C[C@@](C)(O)[C@@H](O)[C@H](C)O3)[C@H](C)C[C@@H](C)C[C@](C)(O)C(=O)[C@H](C)[C@H](OC(=O)CC(C)C)[C@H]2C)[C@@H]1OC. The van der Waals surface area contributed by atoms with Crippen molar-refractivity contribution in [2.24, 2.45) is 41.4 Å². The minimum Gasteiger partial charge on any atom is -0.461 e. The van der Waals surface area contributed by atoms with Crippen LogP contribution in [0.4, 0.5) is 0 Å². The van der Waals surface area contributed by atoms with Crippen molar-refractivity contribution in [2.75, 3.05) is 20.8 Å². The van der Waals surface area contributed by atoms with E-state index in [-0.39, 0.29) is 43.6 Å². The Morgan fingerprint density at radius 2 is 1.46 bits per heavy atom. The summed E-state index contributed by atoms with van der Waals surface area (Å²) in [5.74, 6) is -5.50. The van der Waals surface area contributed by atoms with Crippen molar-refractivity contribution in [2.45, 2.75) is 187 Å². The van der Waals surface area contributed by atoms with E-state index in [1.165, 1.54) is 28.1 Å². The number of aliphatic hydroxyl groups excluding tert-OH is 2. The van der Waals surface area contributed by atoms with Gasteiger partial charge in [0.1, 0.15) is 42.2 Å². The maximum atomic E-state index is 14.5. The summed E-state index contributed by atoms with van der Waals surface area (Å²) in [5, 5.41) is 44.0. The van der Waals surface area contributed by atoms with Gasteiger partial charge in [0, 0.05) is 38.9 Å². The van der Waals surface area contributed by atoms with Crippen LogP contribution in [0.1, 0.15) is 109 Å². The Morgan fingerprint density at radius 3 is 2.02 bits per heavy atom. The molecule has 3 aliphatic rings. The quantitative estimate of drug-likeness (QED) is 0.220. The lowest BCUT2D eigenvalue weighted by molar-refractivity contribution is -0.305. The lowest BCUT2D eigenvalue weighted by Gasteiger charge is -2.44. The molecular formula is C42H74O15. The molecule has 3 saturated heterocycles. The average Bonchev–Trinajstić information content (AvgIpc) is 3.11. The third kappa shape index (κ3) is 12.4. The Balaban J connectivity index is 2.08. The van der Waals surface area contributed by atoms with Crippen molar-refractivity contribution in [1.82, 2.24) is 0 Å². The molecule has 3 fully saturated rings. The molecular weight excluding hydrogens is 744 g/mol. The van der Waals surface area contributed by atoms with Crippen LogP contribution < -0.4 is 0 Å². The first-order valence-corrected chi connectivity index (χ1v) is 20.7. The fraction of sp³-hybridized carbons (Fsp3) is 0.929. The van der Waals surface area contributed by atoms with Gasteiger partial charge in [-0.05, 0) is 65.2 Å². The van der Waals surface area contributed by atoms with E-state index in [9.17, 15) is 34.8 Å². The zero-order valence-electron chi connectivity index (χ0n) is 36.7. The van der Waals surface area contributed by atoms with Gasteiger partial charge in [0.2, 0.25) is 0 Å². The smallest absolute Gasteiger partial charge is 0.311 e. The van der Waals surface area contributed by atoms with Crippen molar-refractivity contribution in [1.29, 1.82) is 0 Å². The number of Topliss-reactive ketones (excluding diaryl/α,β-unsaturated/α-hetero) is 1. The molecule has 3 aliphatic heterocycles. The second-order valence-electron chi connectivity index (χ2n) is 18.3. The number of rotatable bonds is 11. The fourth-order valence-electron chi connectivity index (χ4n) is 9.08. The molecule has 0 bridgehead atoms. The molecule has 0 aromatic heterocycles. The molecule has 0 aliphatic carbocycles. The molecule has 0 saturated carbocycles. The molecule has 332 valence electrons. The van der Waals surface area contributed by atoms with Gasteiger partial charge in [-0.15, -0.1) is 0 Å². The Morgan fingerprint density at radius 1 is 0.842 bits per heavy atom. The second kappa shape index (κ2) is 20.7. The number of hydrogen-bond donors (Lipinski definition) is 4. The summed E-state index contributed by atoms with van der Waals surface area (Å²) in [6, 6.07) is 0. The lowest BCUT2D eigenvalue weighted by atomic mass is 9.75. The van der Waals surface area contributed by atoms with E-state index < -0.39 is 120 Å². The maximum absolute atomic E-state index is 14.5. The largest absolute Gasteiger partial charge is 0.461 e. The van der Waals surface area contributed by atoms with Gasteiger partial charge in [-0.25, -0.2) is 0 Å². The first-order valence-electron chi connectivity index (χ1n) is 20.7. The second-order valence-corrected chi connectivity index (χ2v) is 18.3. The third-order valence-corrected chi connectivity index (χ3v) is 12.2. The van der Waals surface area contributed by atoms with E-state index in [1.54, 1.807) is 41.5 Å². The number of esters is 2. The van der Waals surface area contributed by atoms with Crippen LogP contribution in [0.3, 0.4) is 0 Å². The lowest BCUT2D eigenvalue weighted by Crippen LogP contribution is -2.59. The summed E-state index contributed by atoms with van der Waals surface area (Å²) in [6.45, 7) is 20.7. The predicted octanol–water partition coefficient (Wildman–Crippen LogP) is 3.57. The number of carbonyl (C=O) groups is 3. The van der Waals surface area contributed by atoms with E-state index in [0.29, 0.717) is 6.42 Å². The van der Waals surface area contributed by atoms with Gasteiger partial charge in [0.05, 0.1) is 42.4 Å². The van der Waals surface area contributed by atoms with Crippen molar-refractivity contribution in [3.8, 4) is 0 Å². The number of cyclic esters (lactones) is 1. The Hall–Kier alpha value is -1.79. The standard InChI is InChI=1S/C42H74O15/c1-20(2)15-29(43)55-34-24(6)33(23(5)19-52-40-36(51-14)35(50-13)31(44)27(9)54-40)57-39(47)26(8)32(56-30-18-42(12,49)38(46)28(10)53-30)22(4)16-21(3)17-41(11,48)37(45)25(34)7/h20-28,30-36,38,40,44,46,48-49H,15-19H2,1-14H3/t21-,22-,23+,24+,25-,26-,27-,28+,30+,31-,32+,33-,34-,35-,36-,38+,40-,41+,42-/m1/s1. The van der Waals surface area contributed by atoms with Gasteiger partial charge in [0.25, 0.3) is 0 Å².